The van der Waals surface area contributed by atoms with Gasteiger partial charge >= 0.3 is 0 Å². The van der Waals surface area contributed by atoms with Gasteiger partial charge in [0, 0.05) is 6.54 Å². The first-order valence-electron chi connectivity index (χ1n) is 7.28. The molecule has 4 heteroatoms. The van der Waals surface area contributed by atoms with Crippen molar-refractivity contribution in [3.05, 3.63) is 0 Å². The van der Waals surface area contributed by atoms with E-state index in [4.69, 9.17) is 10.5 Å². The molecule has 0 bridgehead atoms. The molecule has 18 heavy (non-hydrogen) atoms. The summed E-state index contributed by atoms with van der Waals surface area (Å²) in [5.74, 6) is 0.0535. The lowest BCUT2D eigenvalue weighted by Crippen LogP contribution is -2.46. The largest absolute Gasteiger partial charge is 0.365 e. The monoisotopic (exact) mass is 254 g/mol. The number of hydrogen-bond acceptors (Lipinski definition) is 3. The zero-order chi connectivity index (χ0) is 13.0. The molecule has 0 aromatic heterocycles. The van der Waals surface area contributed by atoms with Crippen LogP contribution in [0.3, 0.4) is 0 Å². The maximum Gasteiger partial charge on any atom is 0.249 e. The maximum absolute atomic E-state index is 12.0. The number of rotatable bonds is 4. The van der Waals surface area contributed by atoms with Gasteiger partial charge in [-0.05, 0) is 44.6 Å². The Morgan fingerprint density at radius 2 is 2.06 bits per heavy atom. The van der Waals surface area contributed by atoms with Crippen molar-refractivity contribution in [2.45, 2.75) is 64.1 Å². The standard InChI is InChI=1S/C14H26N2O2/c1-11-5-6-12(18-11)13(17)16-10-14(9-15)7-3-2-4-8-14/h11-12H,2-10,15H2,1H3,(H,16,17). The Morgan fingerprint density at radius 1 is 1.33 bits per heavy atom. The SMILES string of the molecule is CC1CCC(C(=O)NCC2(CN)CCCCC2)O1. The van der Waals surface area contributed by atoms with Gasteiger partial charge < -0.3 is 15.8 Å². The quantitative estimate of drug-likeness (QED) is 0.800. The maximum atomic E-state index is 12.0. The molecule has 1 amide bonds. The van der Waals surface area contributed by atoms with E-state index in [0.717, 1.165) is 32.2 Å². The number of hydrogen-bond donors (Lipinski definition) is 2. The predicted octanol–water partition coefficient (Wildman–Crippen LogP) is 1.58. The van der Waals surface area contributed by atoms with Crippen molar-refractivity contribution in [1.82, 2.24) is 5.32 Å². The third-order valence-corrected chi connectivity index (χ3v) is 4.51. The lowest BCUT2D eigenvalue weighted by atomic mass is 9.74. The molecule has 1 saturated carbocycles. The van der Waals surface area contributed by atoms with E-state index in [1.54, 1.807) is 0 Å². The number of nitrogens with two attached hydrogens (primary N) is 1. The minimum Gasteiger partial charge on any atom is -0.365 e. The highest BCUT2D eigenvalue weighted by Crippen LogP contribution is 2.34. The van der Waals surface area contributed by atoms with Crippen LogP contribution in [0, 0.1) is 5.41 Å². The molecule has 0 aromatic carbocycles. The van der Waals surface area contributed by atoms with Gasteiger partial charge in [-0.2, -0.15) is 0 Å². The summed E-state index contributed by atoms with van der Waals surface area (Å²) in [4.78, 5) is 12.0. The Bertz CT molecular complexity index is 288. The van der Waals surface area contributed by atoms with E-state index in [-0.39, 0.29) is 23.5 Å². The number of carbonyl (C=O) groups is 1. The summed E-state index contributed by atoms with van der Waals surface area (Å²) in [7, 11) is 0. The molecule has 2 atom stereocenters. The second-order valence-corrected chi connectivity index (χ2v) is 6.00. The van der Waals surface area contributed by atoms with E-state index in [9.17, 15) is 4.79 Å². The summed E-state index contributed by atoms with van der Waals surface area (Å²) < 4.78 is 5.59. The van der Waals surface area contributed by atoms with Crippen molar-refractivity contribution in [2.24, 2.45) is 11.1 Å². The van der Waals surface area contributed by atoms with Crippen LogP contribution in [-0.4, -0.2) is 31.2 Å². The Hall–Kier alpha value is -0.610. The molecule has 2 unspecified atom stereocenters. The molecule has 1 saturated heterocycles. The Balaban J connectivity index is 1.80. The fourth-order valence-corrected chi connectivity index (χ4v) is 3.14. The van der Waals surface area contributed by atoms with Crippen LogP contribution < -0.4 is 11.1 Å². The second kappa shape index (κ2) is 6.02. The molecule has 0 radical (unpaired) electrons. The molecule has 1 aliphatic heterocycles. The highest BCUT2D eigenvalue weighted by Gasteiger charge is 2.33. The van der Waals surface area contributed by atoms with E-state index in [0.29, 0.717) is 6.54 Å². The highest BCUT2D eigenvalue weighted by molar-refractivity contribution is 5.81. The zero-order valence-electron chi connectivity index (χ0n) is 11.4. The van der Waals surface area contributed by atoms with Gasteiger partial charge in [0.1, 0.15) is 6.10 Å². The summed E-state index contributed by atoms with van der Waals surface area (Å²) in [6, 6.07) is 0. The lowest BCUT2D eigenvalue weighted by molar-refractivity contribution is -0.132. The second-order valence-electron chi connectivity index (χ2n) is 6.00. The fourth-order valence-electron chi connectivity index (χ4n) is 3.14. The van der Waals surface area contributed by atoms with Gasteiger partial charge in [0.15, 0.2) is 0 Å². The molecule has 104 valence electrons. The number of amides is 1. The van der Waals surface area contributed by atoms with Crippen LogP contribution in [0.4, 0.5) is 0 Å². The van der Waals surface area contributed by atoms with Crippen LogP contribution in [0.5, 0.6) is 0 Å². The Kier molecular flexibility index (Phi) is 4.62. The first-order valence-corrected chi connectivity index (χ1v) is 7.28. The Morgan fingerprint density at radius 3 is 2.61 bits per heavy atom. The molecule has 2 rings (SSSR count). The van der Waals surface area contributed by atoms with Crippen LogP contribution in [0.25, 0.3) is 0 Å². The van der Waals surface area contributed by atoms with Crippen molar-refractivity contribution < 1.29 is 9.53 Å². The minimum absolute atomic E-state index is 0.0535. The van der Waals surface area contributed by atoms with Gasteiger partial charge in [-0.3, -0.25) is 4.79 Å². The fraction of sp³-hybridized carbons (Fsp3) is 0.929. The average Bonchev–Trinajstić information content (AvgIpc) is 2.84. The van der Waals surface area contributed by atoms with E-state index in [2.05, 4.69) is 5.32 Å². The normalized spacial score (nSPS) is 31.2. The van der Waals surface area contributed by atoms with Crippen molar-refractivity contribution in [3.63, 3.8) is 0 Å². The first-order chi connectivity index (χ1) is 8.65. The van der Waals surface area contributed by atoms with Crippen molar-refractivity contribution in [3.8, 4) is 0 Å². The van der Waals surface area contributed by atoms with Gasteiger partial charge in [0.05, 0.1) is 6.10 Å². The Labute approximate surface area is 110 Å². The summed E-state index contributed by atoms with van der Waals surface area (Å²) in [6.07, 6.45) is 7.89. The third kappa shape index (κ3) is 3.23. The molecule has 1 aliphatic carbocycles. The van der Waals surface area contributed by atoms with E-state index < -0.39 is 0 Å². The zero-order valence-corrected chi connectivity index (χ0v) is 11.4. The van der Waals surface area contributed by atoms with Crippen LogP contribution in [-0.2, 0) is 9.53 Å². The highest BCUT2D eigenvalue weighted by atomic mass is 16.5. The summed E-state index contributed by atoms with van der Waals surface area (Å²) in [5.41, 5.74) is 6.05. The lowest BCUT2D eigenvalue weighted by Gasteiger charge is -2.36. The van der Waals surface area contributed by atoms with Crippen molar-refractivity contribution >= 4 is 5.91 Å². The van der Waals surface area contributed by atoms with Crippen LogP contribution in [0.2, 0.25) is 0 Å². The van der Waals surface area contributed by atoms with Crippen LogP contribution in [0.1, 0.15) is 51.9 Å². The number of nitrogens with one attached hydrogen (secondary N) is 1. The molecule has 3 N–H and O–H groups in total. The molecule has 2 fully saturated rings. The molecule has 0 aromatic rings. The molecular formula is C14H26N2O2. The first kappa shape index (κ1) is 13.8. The van der Waals surface area contributed by atoms with Gasteiger partial charge in [-0.25, -0.2) is 0 Å². The van der Waals surface area contributed by atoms with Gasteiger partial charge in [0.2, 0.25) is 5.91 Å². The van der Waals surface area contributed by atoms with Gasteiger partial charge in [-0.15, -0.1) is 0 Å². The van der Waals surface area contributed by atoms with E-state index in [1.807, 2.05) is 6.92 Å². The van der Waals surface area contributed by atoms with E-state index in [1.165, 1.54) is 19.3 Å². The van der Waals surface area contributed by atoms with Crippen LogP contribution >= 0.6 is 0 Å². The van der Waals surface area contributed by atoms with E-state index >= 15 is 0 Å². The summed E-state index contributed by atoms with van der Waals surface area (Å²) >= 11 is 0. The molecule has 4 nitrogen and oxygen atoms in total. The topological polar surface area (TPSA) is 64.4 Å². The molecule has 0 spiro atoms. The van der Waals surface area contributed by atoms with Crippen molar-refractivity contribution in [1.29, 1.82) is 0 Å². The molecule has 1 heterocycles. The van der Waals surface area contributed by atoms with Crippen molar-refractivity contribution in [2.75, 3.05) is 13.1 Å². The number of ether oxygens (including phenoxy) is 1. The average molecular weight is 254 g/mol. The van der Waals surface area contributed by atoms with Crippen LogP contribution in [0.15, 0.2) is 0 Å². The van der Waals surface area contributed by atoms with Gasteiger partial charge in [-0.1, -0.05) is 19.3 Å². The minimum atomic E-state index is -0.238. The summed E-state index contributed by atoms with van der Waals surface area (Å²) in [6.45, 7) is 3.42. The molecular weight excluding hydrogens is 228 g/mol. The molecule has 2 aliphatic rings. The number of carbonyl (C=O) groups excluding carboxylic acids is 1. The van der Waals surface area contributed by atoms with Gasteiger partial charge in [0.25, 0.3) is 0 Å². The summed E-state index contributed by atoms with van der Waals surface area (Å²) in [5, 5.41) is 3.06. The smallest absolute Gasteiger partial charge is 0.249 e. The third-order valence-electron chi connectivity index (χ3n) is 4.51. The predicted molar refractivity (Wildman–Crippen MR) is 71.2 cm³/mol.